The molecule has 4 aromatic rings. The first kappa shape index (κ1) is 23.1. The fraction of sp³-hybridized carbons (Fsp3) is 0.167. The van der Waals surface area contributed by atoms with Crippen LogP contribution in [0.4, 0.5) is 5.69 Å². The number of para-hydroxylation sites is 2. The average molecular weight is 452 g/mol. The van der Waals surface area contributed by atoms with Crippen molar-refractivity contribution in [1.82, 2.24) is 0 Å². The Labute approximate surface area is 201 Å². The summed E-state index contributed by atoms with van der Waals surface area (Å²) in [5.74, 6) is 1.07. The molecule has 172 valence electrons. The highest BCUT2D eigenvalue weighted by Crippen LogP contribution is 2.25. The van der Waals surface area contributed by atoms with Gasteiger partial charge in [0.05, 0.1) is 12.3 Å². The number of benzene rings is 4. The summed E-state index contributed by atoms with van der Waals surface area (Å²) in [6, 6.07) is 35.7. The molecule has 0 saturated heterocycles. The van der Waals surface area contributed by atoms with Crippen LogP contribution in [0, 0.1) is 0 Å². The van der Waals surface area contributed by atoms with Gasteiger partial charge < -0.3 is 14.8 Å². The van der Waals surface area contributed by atoms with Crippen LogP contribution in [0.25, 0.3) is 11.1 Å². The van der Waals surface area contributed by atoms with Crippen molar-refractivity contribution >= 4 is 11.6 Å². The normalized spacial score (nSPS) is 11.4. The molecule has 1 amide bonds. The number of carbonyl (C=O) groups is 1. The Balaban J connectivity index is 1.30. The number of carbonyl (C=O) groups excluding carboxylic acids is 1. The van der Waals surface area contributed by atoms with Gasteiger partial charge in [0, 0.05) is 0 Å². The lowest BCUT2D eigenvalue weighted by Crippen LogP contribution is -2.30. The van der Waals surface area contributed by atoms with E-state index in [1.807, 2.05) is 84.9 Å². The first-order valence-corrected chi connectivity index (χ1v) is 11.6. The fourth-order valence-electron chi connectivity index (χ4n) is 3.65. The zero-order valence-corrected chi connectivity index (χ0v) is 19.3. The summed E-state index contributed by atoms with van der Waals surface area (Å²) >= 11 is 0. The van der Waals surface area contributed by atoms with Crippen LogP contribution < -0.4 is 14.8 Å². The number of hydrogen-bond acceptors (Lipinski definition) is 3. The average Bonchev–Trinajstić information content (AvgIpc) is 2.89. The van der Waals surface area contributed by atoms with Crippen LogP contribution >= 0.6 is 0 Å². The summed E-state index contributed by atoms with van der Waals surface area (Å²) in [4.78, 5) is 12.8. The molecule has 1 atom stereocenters. The summed E-state index contributed by atoms with van der Waals surface area (Å²) in [6.07, 6.45) is 1.18. The van der Waals surface area contributed by atoms with E-state index in [1.165, 1.54) is 5.56 Å². The van der Waals surface area contributed by atoms with Crippen molar-refractivity contribution in [3.8, 4) is 22.6 Å². The maximum atomic E-state index is 12.8. The van der Waals surface area contributed by atoms with Crippen molar-refractivity contribution < 1.29 is 14.3 Å². The molecule has 0 heterocycles. The van der Waals surface area contributed by atoms with E-state index in [-0.39, 0.29) is 5.91 Å². The quantitative estimate of drug-likeness (QED) is 0.271. The van der Waals surface area contributed by atoms with Crippen molar-refractivity contribution in [2.24, 2.45) is 0 Å². The molecule has 4 rings (SSSR count). The van der Waals surface area contributed by atoms with Crippen molar-refractivity contribution in [2.75, 3.05) is 11.9 Å². The maximum Gasteiger partial charge on any atom is 0.265 e. The number of rotatable bonds is 10. The van der Waals surface area contributed by atoms with Gasteiger partial charge in [-0.05, 0) is 60.7 Å². The molecule has 4 aromatic carbocycles. The first-order chi connectivity index (χ1) is 16.7. The molecule has 0 bridgehead atoms. The summed E-state index contributed by atoms with van der Waals surface area (Å²) in [5, 5.41) is 2.94. The van der Waals surface area contributed by atoms with Gasteiger partial charge in [-0.3, -0.25) is 4.79 Å². The van der Waals surface area contributed by atoms with Gasteiger partial charge in [0.15, 0.2) is 6.10 Å². The highest BCUT2D eigenvalue weighted by molar-refractivity contribution is 5.95. The number of nitrogens with one attached hydrogen (secondary N) is 1. The smallest absolute Gasteiger partial charge is 0.265 e. The van der Waals surface area contributed by atoms with Crippen molar-refractivity contribution in [3.05, 3.63) is 115 Å². The van der Waals surface area contributed by atoms with Crippen LogP contribution in [0.1, 0.15) is 18.9 Å². The van der Waals surface area contributed by atoms with E-state index in [0.717, 1.165) is 24.0 Å². The molecule has 0 aromatic heterocycles. The molecular formula is C30H29NO3. The fourth-order valence-corrected chi connectivity index (χ4v) is 3.65. The van der Waals surface area contributed by atoms with Crippen LogP contribution in [-0.2, 0) is 11.2 Å². The lowest BCUT2D eigenvalue weighted by molar-refractivity contribution is -0.122. The molecule has 1 unspecified atom stereocenters. The third-order valence-electron chi connectivity index (χ3n) is 5.50. The lowest BCUT2D eigenvalue weighted by atomic mass is 10.1. The molecular weight excluding hydrogens is 422 g/mol. The minimum atomic E-state index is -0.659. The summed E-state index contributed by atoms with van der Waals surface area (Å²) < 4.78 is 11.8. The second kappa shape index (κ2) is 11.7. The Bertz CT molecular complexity index is 1170. The molecule has 4 heteroatoms. The SMILES string of the molecule is CC(Oc1ccc(-c2ccccc2)cc1)C(=O)Nc1ccccc1OCCCc1ccccc1. The van der Waals surface area contributed by atoms with Gasteiger partial charge in [0.2, 0.25) is 0 Å². The Morgan fingerprint density at radius 3 is 2.12 bits per heavy atom. The minimum absolute atomic E-state index is 0.229. The van der Waals surface area contributed by atoms with Crippen LogP contribution in [-0.4, -0.2) is 18.6 Å². The van der Waals surface area contributed by atoms with E-state index in [1.54, 1.807) is 6.92 Å². The topological polar surface area (TPSA) is 47.6 Å². The molecule has 0 radical (unpaired) electrons. The number of ether oxygens (including phenoxy) is 2. The van der Waals surface area contributed by atoms with Gasteiger partial charge in [-0.15, -0.1) is 0 Å². The number of anilines is 1. The van der Waals surface area contributed by atoms with Crippen LogP contribution in [0.15, 0.2) is 109 Å². The van der Waals surface area contributed by atoms with Gasteiger partial charge in [0.1, 0.15) is 11.5 Å². The third-order valence-corrected chi connectivity index (χ3v) is 5.50. The zero-order valence-electron chi connectivity index (χ0n) is 19.3. The molecule has 0 saturated carbocycles. The van der Waals surface area contributed by atoms with Gasteiger partial charge in [0.25, 0.3) is 5.91 Å². The van der Waals surface area contributed by atoms with Crippen LogP contribution in [0.5, 0.6) is 11.5 Å². The molecule has 0 aliphatic carbocycles. The van der Waals surface area contributed by atoms with E-state index < -0.39 is 6.10 Å². The monoisotopic (exact) mass is 451 g/mol. The summed E-state index contributed by atoms with van der Waals surface area (Å²) in [7, 11) is 0. The molecule has 34 heavy (non-hydrogen) atoms. The van der Waals surface area contributed by atoms with E-state index in [0.29, 0.717) is 23.8 Å². The highest BCUT2D eigenvalue weighted by Gasteiger charge is 2.17. The predicted octanol–water partition coefficient (Wildman–Crippen LogP) is 6.77. The maximum absolute atomic E-state index is 12.8. The van der Waals surface area contributed by atoms with E-state index in [2.05, 4.69) is 29.6 Å². The zero-order chi connectivity index (χ0) is 23.6. The lowest BCUT2D eigenvalue weighted by Gasteiger charge is -2.17. The van der Waals surface area contributed by atoms with Crippen LogP contribution in [0.3, 0.4) is 0 Å². The molecule has 0 spiro atoms. The van der Waals surface area contributed by atoms with Gasteiger partial charge in [-0.1, -0.05) is 84.9 Å². The Morgan fingerprint density at radius 2 is 1.38 bits per heavy atom. The molecule has 1 N–H and O–H groups in total. The molecule has 4 nitrogen and oxygen atoms in total. The Morgan fingerprint density at radius 1 is 0.765 bits per heavy atom. The molecule has 0 fully saturated rings. The Hall–Kier alpha value is -4.05. The van der Waals surface area contributed by atoms with Gasteiger partial charge in [-0.2, -0.15) is 0 Å². The van der Waals surface area contributed by atoms with E-state index in [4.69, 9.17) is 9.47 Å². The summed E-state index contributed by atoms with van der Waals surface area (Å²) in [5.41, 5.74) is 4.17. The number of amides is 1. The van der Waals surface area contributed by atoms with Crippen LogP contribution in [0.2, 0.25) is 0 Å². The van der Waals surface area contributed by atoms with Crippen molar-refractivity contribution in [1.29, 1.82) is 0 Å². The molecule has 0 aliphatic heterocycles. The number of hydrogen-bond donors (Lipinski definition) is 1. The third kappa shape index (κ3) is 6.48. The second-order valence-electron chi connectivity index (χ2n) is 8.07. The van der Waals surface area contributed by atoms with Gasteiger partial charge in [-0.25, -0.2) is 0 Å². The van der Waals surface area contributed by atoms with Crippen molar-refractivity contribution in [3.63, 3.8) is 0 Å². The molecule has 0 aliphatic rings. The standard InChI is InChI=1S/C30H29NO3/c1-23(34-27-20-18-26(19-21-27)25-14-6-3-7-15-25)30(32)31-28-16-8-9-17-29(28)33-22-10-13-24-11-4-2-5-12-24/h2-9,11-12,14-21,23H,10,13,22H2,1H3,(H,31,32). The van der Waals surface area contributed by atoms with Crippen molar-refractivity contribution in [2.45, 2.75) is 25.9 Å². The van der Waals surface area contributed by atoms with E-state index >= 15 is 0 Å². The first-order valence-electron chi connectivity index (χ1n) is 11.6. The van der Waals surface area contributed by atoms with E-state index in [9.17, 15) is 4.79 Å². The summed E-state index contributed by atoms with van der Waals surface area (Å²) in [6.45, 7) is 2.31. The van der Waals surface area contributed by atoms with Gasteiger partial charge >= 0.3 is 0 Å². The largest absolute Gasteiger partial charge is 0.491 e. The minimum Gasteiger partial charge on any atom is -0.491 e. The predicted molar refractivity (Wildman–Crippen MR) is 137 cm³/mol. The number of aryl methyl sites for hydroxylation is 1. The highest BCUT2D eigenvalue weighted by atomic mass is 16.5. The second-order valence-corrected chi connectivity index (χ2v) is 8.07. The Kier molecular flexibility index (Phi) is 7.96.